The Balaban J connectivity index is 2.76. The van der Waals surface area contributed by atoms with Gasteiger partial charge in [0.15, 0.2) is 0 Å². The third-order valence-electron chi connectivity index (χ3n) is 4.10. The van der Waals surface area contributed by atoms with Gasteiger partial charge in [-0.25, -0.2) is 0 Å². The van der Waals surface area contributed by atoms with Gasteiger partial charge in [-0.1, -0.05) is 6.92 Å². The quantitative estimate of drug-likeness (QED) is 0.611. The summed E-state index contributed by atoms with van der Waals surface area (Å²) in [5, 5.41) is 0. The average molecular weight is 184 g/mol. The first-order chi connectivity index (χ1) is 5.87. The molecule has 2 nitrogen and oxygen atoms in total. The Hall–Kier alpha value is -0.0800. The van der Waals surface area contributed by atoms with Gasteiger partial charge >= 0.3 is 0 Å². The van der Waals surface area contributed by atoms with Crippen LogP contribution in [0.5, 0.6) is 0 Å². The molecule has 1 rings (SSSR count). The molecule has 1 fully saturated rings. The maximum atomic E-state index is 2.48. The molecule has 1 aliphatic rings. The third-order valence-corrected chi connectivity index (χ3v) is 4.10. The van der Waals surface area contributed by atoms with E-state index in [1.807, 2.05) is 0 Å². The first-order valence-corrected chi connectivity index (χ1v) is 5.25. The van der Waals surface area contributed by atoms with Gasteiger partial charge in [0.05, 0.1) is 0 Å². The molecule has 0 radical (unpaired) electrons. The van der Waals surface area contributed by atoms with Crippen LogP contribution in [0.2, 0.25) is 0 Å². The van der Waals surface area contributed by atoms with Crippen molar-refractivity contribution in [2.24, 2.45) is 5.92 Å². The Morgan fingerprint density at radius 2 is 1.85 bits per heavy atom. The molecular formula is C11H24N2. The van der Waals surface area contributed by atoms with Gasteiger partial charge in [0.2, 0.25) is 0 Å². The summed E-state index contributed by atoms with van der Waals surface area (Å²) >= 11 is 0. The summed E-state index contributed by atoms with van der Waals surface area (Å²) in [7, 11) is 6.63. The summed E-state index contributed by atoms with van der Waals surface area (Å²) in [6, 6.07) is 0.742. The minimum absolute atomic E-state index is 0.340. The molecule has 0 aliphatic carbocycles. The first-order valence-electron chi connectivity index (χ1n) is 5.25. The van der Waals surface area contributed by atoms with E-state index in [0.717, 1.165) is 12.0 Å². The standard InChI is InChI=1S/C11H24N2/c1-9-10(12(4)5)7-8-13(6)11(9,2)3/h9-10H,7-8H2,1-6H3. The van der Waals surface area contributed by atoms with Crippen LogP contribution < -0.4 is 0 Å². The Morgan fingerprint density at radius 3 is 2.31 bits per heavy atom. The molecule has 0 aromatic carbocycles. The van der Waals surface area contributed by atoms with Crippen LogP contribution in [0, 0.1) is 5.92 Å². The molecule has 2 unspecified atom stereocenters. The highest BCUT2D eigenvalue weighted by Gasteiger charge is 2.40. The van der Waals surface area contributed by atoms with Gasteiger partial charge in [0, 0.05) is 11.6 Å². The normalized spacial score (nSPS) is 35.3. The lowest BCUT2D eigenvalue weighted by molar-refractivity contribution is -0.00162. The van der Waals surface area contributed by atoms with E-state index in [0.29, 0.717) is 5.54 Å². The van der Waals surface area contributed by atoms with Crippen LogP contribution in [0.4, 0.5) is 0 Å². The van der Waals surface area contributed by atoms with Crippen molar-refractivity contribution in [2.75, 3.05) is 27.7 Å². The molecule has 0 aromatic rings. The molecular weight excluding hydrogens is 160 g/mol. The molecule has 0 spiro atoms. The van der Waals surface area contributed by atoms with Crippen molar-refractivity contribution in [2.45, 2.75) is 38.8 Å². The van der Waals surface area contributed by atoms with Gasteiger partial charge in [0.1, 0.15) is 0 Å². The highest BCUT2D eigenvalue weighted by Crippen LogP contribution is 2.33. The largest absolute Gasteiger partial charge is 0.306 e. The number of likely N-dealkylation sites (tertiary alicyclic amines) is 1. The maximum absolute atomic E-state index is 2.48. The van der Waals surface area contributed by atoms with E-state index in [1.54, 1.807) is 0 Å². The molecule has 2 heteroatoms. The zero-order valence-corrected chi connectivity index (χ0v) is 9.96. The Morgan fingerprint density at radius 1 is 1.31 bits per heavy atom. The average Bonchev–Trinajstić information content (AvgIpc) is 2.01. The zero-order chi connectivity index (χ0) is 10.2. The molecule has 0 N–H and O–H groups in total. The molecule has 0 amide bonds. The molecule has 1 saturated heterocycles. The number of piperidine rings is 1. The summed E-state index contributed by atoms with van der Waals surface area (Å²) in [6.45, 7) is 8.31. The van der Waals surface area contributed by atoms with Crippen molar-refractivity contribution < 1.29 is 0 Å². The molecule has 0 aromatic heterocycles. The zero-order valence-electron chi connectivity index (χ0n) is 9.96. The molecule has 1 heterocycles. The van der Waals surface area contributed by atoms with Crippen molar-refractivity contribution in [1.29, 1.82) is 0 Å². The van der Waals surface area contributed by atoms with Crippen LogP contribution in [0.3, 0.4) is 0 Å². The fourth-order valence-electron chi connectivity index (χ4n) is 2.39. The van der Waals surface area contributed by atoms with Gasteiger partial charge in [-0.15, -0.1) is 0 Å². The monoisotopic (exact) mass is 184 g/mol. The fourth-order valence-corrected chi connectivity index (χ4v) is 2.39. The maximum Gasteiger partial charge on any atom is 0.0190 e. The van der Waals surface area contributed by atoms with Gasteiger partial charge in [-0.05, 0) is 53.9 Å². The molecule has 13 heavy (non-hydrogen) atoms. The lowest BCUT2D eigenvalue weighted by Crippen LogP contribution is -2.58. The van der Waals surface area contributed by atoms with Crippen LogP contribution in [0.1, 0.15) is 27.2 Å². The van der Waals surface area contributed by atoms with E-state index in [1.165, 1.54) is 13.0 Å². The minimum atomic E-state index is 0.340. The van der Waals surface area contributed by atoms with Gasteiger partial charge < -0.3 is 9.80 Å². The van der Waals surface area contributed by atoms with E-state index < -0.39 is 0 Å². The Labute approximate surface area is 82.9 Å². The van der Waals surface area contributed by atoms with Crippen molar-refractivity contribution in [3.05, 3.63) is 0 Å². The number of hydrogen-bond donors (Lipinski definition) is 0. The predicted molar refractivity (Wildman–Crippen MR) is 58.0 cm³/mol. The van der Waals surface area contributed by atoms with Crippen molar-refractivity contribution in [3.8, 4) is 0 Å². The number of hydrogen-bond acceptors (Lipinski definition) is 2. The summed E-state index contributed by atoms with van der Waals surface area (Å²) in [5.74, 6) is 0.737. The fraction of sp³-hybridized carbons (Fsp3) is 1.00. The SMILES string of the molecule is CC1C(N(C)C)CCN(C)C1(C)C. The first kappa shape index (κ1) is 11.0. The van der Waals surface area contributed by atoms with E-state index in [2.05, 4.69) is 51.7 Å². The van der Waals surface area contributed by atoms with Crippen LogP contribution in [0.15, 0.2) is 0 Å². The second-order valence-corrected chi connectivity index (χ2v) is 5.18. The summed E-state index contributed by atoms with van der Waals surface area (Å²) in [6.07, 6.45) is 1.30. The summed E-state index contributed by atoms with van der Waals surface area (Å²) in [4.78, 5) is 4.86. The molecule has 78 valence electrons. The molecule has 2 atom stereocenters. The highest BCUT2D eigenvalue weighted by atomic mass is 15.2. The second kappa shape index (κ2) is 3.58. The Bertz CT molecular complexity index is 175. The van der Waals surface area contributed by atoms with E-state index in [-0.39, 0.29) is 0 Å². The van der Waals surface area contributed by atoms with Crippen LogP contribution in [0.25, 0.3) is 0 Å². The van der Waals surface area contributed by atoms with E-state index in [9.17, 15) is 0 Å². The lowest BCUT2D eigenvalue weighted by Gasteiger charge is -2.50. The summed E-state index contributed by atoms with van der Waals surface area (Å²) in [5.41, 5.74) is 0.340. The van der Waals surface area contributed by atoms with Gasteiger partial charge in [-0.2, -0.15) is 0 Å². The molecule has 0 saturated carbocycles. The van der Waals surface area contributed by atoms with E-state index >= 15 is 0 Å². The Kier molecular flexibility index (Phi) is 3.03. The topological polar surface area (TPSA) is 6.48 Å². The lowest BCUT2D eigenvalue weighted by atomic mass is 9.77. The van der Waals surface area contributed by atoms with Crippen LogP contribution in [-0.4, -0.2) is 49.1 Å². The van der Waals surface area contributed by atoms with Crippen LogP contribution in [-0.2, 0) is 0 Å². The number of nitrogens with zero attached hydrogens (tertiary/aromatic N) is 2. The smallest absolute Gasteiger partial charge is 0.0190 e. The van der Waals surface area contributed by atoms with Gasteiger partial charge in [-0.3, -0.25) is 0 Å². The second-order valence-electron chi connectivity index (χ2n) is 5.18. The molecule has 1 aliphatic heterocycles. The highest BCUT2D eigenvalue weighted by molar-refractivity contribution is 4.96. The minimum Gasteiger partial charge on any atom is -0.306 e. The van der Waals surface area contributed by atoms with Crippen LogP contribution >= 0.6 is 0 Å². The summed E-state index contributed by atoms with van der Waals surface area (Å²) < 4.78 is 0. The van der Waals surface area contributed by atoms with Crippen molar-refractivity contribution in [1.82, 2.24) is 9.80 Å². The van der Waals surface area contributed by atoms with Crippen molar-refractivity contribution in [3.63, 3.8) is 0 Å². The van der Waals surface area contributed by atoms with Crippen molar-refractivity contribution >= 4 is 0 Å². The third kappa shape index (κ3) is 1.89. The molecule has 0 bridgehead atoms. The number of rotatable bonds is 1. The van der Waals surface area contributed by atoms with E-state index in [4.69, 9.17) is 0 Å². The van der Waals surface area contributed by atoms with Gasteiger partial charge in [0.25, 0.3) is 0 Å². The predicted octanol–water partition coefficient (Wildman–Crippen LogP) is 1.67.